The highest BCUT2D eigenvalue weighted by atomic mass is 32.2. The molecule has 1 heterocycles. The summed E-state index contributed by atoms with van der Waals surface area (Å²) >= 11 is 1.31. The zero-order valence-electron chi connectivity index (χ0n) is 11.1. The van der Waals surface area contributed by atoms with Crippen molar-refractivity contribution in [3.63, 3.8) is 0 Å². The fraction of sp³-hybridized carbons (Fsp3) is 0.250. The Kier molecular flexibility index (Phi) is 4.99. The van der Waals surface area contributed by atoms with Gasteiger partial charge in [0.2, 0.25) is 10.0 Å². The van der Waals surface area contributed by atoms with Gasteiger partial charge in [0.1, 0.15) is 4.90 Å². The molecule has 0 spiro atoms. The summed E-state index contributed by atoms with van der Waals surface area (Å²) in [7, 11) is -2.54. The molecule has 0 unspecified atom stereocenters. The third-order valence-corrected chi connectivity index (χ3v) is 4.69. The zero-order valence-corrected chi connectivity index (χ0v) is 12.7. The van der Waals surface area contributed by atoms with Gasteiger partial charge in [0.25, 0.3) is 0 Å². The van der Waals surface area contributed by atoms with Gasteiger partial charge < -0.3 is 5.32 Å². The molecule has 2 aromatic rings. The van der Waals surface area contributed by atoms with Crippen LogP contribution in [0.25, 0.3) is 0 Å². The van der Waals surface area contributed by atoms with Crippen LogP contribution in [0.2, 0.25) is 0 Å². The molecule has 0 aliphatic carbocycles. The summed E-state index contributed by atoms with van der Waals surface area (Å²) in [4.78, 5) is 3.21. The van der Waals surface area contributed by atoms with Crippen molar-refractivity contribution in [3.05, 3.63) is 45.9 Å². The van der Waals surface area contributed by atoms with Crippen LogP contribution in [-0.2, 0) is 23.1 Å². The van der Waals surface area contributed by atoms with E-state index in [-0.39, 0.29) is 13.1 Å². The molecule has 2 N–H and O–H groups in total. The fourth-order valence-electron chi connectivity index (χ4n) is 1.69. The lowest BCUT2D eigenvalue weighted by Crippen LogP contribution is -2.25. The maximum Gasteiger partial charge on any atom is 0.243 e. The lowest BCUT2D eigenvalue weighted by atomic mass is 10.2. The van der Waals surface area contributed by atoms with Crippen molar-refractivity contribution in [2.24, 2.45) is 0 Å². The Labute approximate surface area is 125 Å². The number of nitrogens with zero attached hydrogens (tertiary/aromatic N) is 1. The van der Waals surface area contributed by atoms with E-state index in [1.807, 2.05) is 0 Å². The van der Waals surface area contributed by atoms with Gasteiger partial charge in [0.05, 0.1) is 17.7 Å². The molecule has 0 aliphatic rings. The monoisotopic (exact) mass is 333 g/mol. The molecule has 114 valence electrons. The van der Waals surface area contributed by atoms with E-state index >= 15 is 0 Å². The number of nitrogens with one attached hydrogen (secondary N) is 2. The van der Waals surface area contributed by atoms with Crippen molar-refractivity contribution in [2.45, 2.75) is 18.0 Å². The van der Waals surface area contributed by atoms with Gasteiger partial charge in [-0.05, 0) is 24.7 Å². The quantitative estimate of drug-likeness (QED) is 0.843. The molecule has 0 bridgehead atoms. The lowest BCUT2D eigenvalue weighted by Gasteiger charge is -2.09. The van der Waals surface area contributed by atoms with Crippen LogP contribution >= 0.6 is 11.3 Å². The number of thiazole rings is 1. The Hall–Kier alpha value is -1.42. The van der Waals surface area contributed by atoms with Crippen molar-refractivity contribution in [1.82, 2.24) is 15.0 Å². The molecule has 0 atom stereocenters. The number of hydrogen-bond acceptors (Lipinski definition) is 5. The van der Waals surface area contributed by atoms with E-state index in [0.717, 1.165) is 12.1 Å². The fourth-order valence-corrected chi connectivity index (χ4v) is 3.38. The van der Waals surface area contributed by atoms with Gasteiger partial charge in [0, 0.05) is 11.9 Å². The Morgan fingerprint density at radius 1 is 1.29 bits per heavy atom. The SMILES string of the molecule is CNCc1cc(F)c(F)c(S(=O)(=O)NCc2cscn2)c1. The van der Waals surface area contributed by atoms with Crippen LogP contribution in [-0.4, -0.2) is 20.4 Å². The second kappa shape index (κ2) is 6.56. The maximum atomic E-state index is 13.8. The summed E-state index contributed by atoms with van der Waals surface area (Å²) in [6, 6.07) is 2.07. The van der Waals surface area contributed by atoms with Crippen LogP contribution in [0.4, 0.5) is 8.78 Å². The standard InChI is InChI=1S/C12H13F2N3O2S2/c1-15-4-8-2-10(13)12(14)11(3-8)21(18,19)17-5-9-6-20-7-16-9/h2-3,6-7,15,17H,4-5H2,1H3. The summed E-state index contributed by atoms with van der Waals surface area (Å²) in [5.74, 6) is -2.59. The van der Waals surface area contributed by atoms with Crippen molar-refractivity contribution in [2.75, 3.05) is 7.05 Å². The third-order valence-electron chi connectivity index (χ3n) is 2.65. The molecule has 2 rings (SSSR count). The van der Waals surface area contributed by atoms with Gasteiger partial charge in [-0.3, -0.25) is 0 Å². The average molecular weight is 333 g/mol. The van der Waals surface area contributed by atoms with Gasteiger partial charge in [-0.25, -0.2) is 26.9 Å². The number of hydrogen-bond donors (Lipinski definition) is 2. The van der Waals surface area contributed by atoms with E-state index in [2.05, 4.69) is 15.0 Å². The highest BCUT2D eigenvalue weighted by Crippen LogP contribution is 2.20. The molecular formula is C12H13F2N3O2S2. The Morgan fingerprint density at radius 3 is 2.67 bits per heavy atom. The molecule has 0 saturated carbocycles. The van der Waals surface area contributed by atoms with Gasteiger partial charge in [0.15, 0.2) is 11.6 Å². The Morgan fingerprint density at radius 2 is 2.05 bits per heavy atom. The van der Waals surface area contributed by atoms with Gasteiger partial charge in [-0.2, -0.15) is 0 Å². The summed E-state index contributed by atoms with van der Waals surface area (Å²) in [5.41, 5.74) is 2.40. The second-order valence-electron chi connectivity index (χ2n) is 4.22. The van der Waals surface area contributed by atoms with E-state index < -0.39 is 26.6 Å². The summed E-state index contributed by atoms with van der Waals surface area (Å²) in [6.07, 6.45) is 0. The molecule has 0 fully saturated rings. The molecule has 0 radical (unpaired) electrons. The third kappa shape index (κ3) is 3.82. The number of aromatic nitrogens is 1. The highest BCUT2D eigenvalue weighted by molar-refractivity contribution is 7.89. The summed E-state index contributed by atoms with van der Waals surface area (Å²) in [5, 5.41) is 4.41. The Bertz CT molecular complexity index is 718. The number of sulfonamides is 1. The van der Waals surface area contributed by atoms with Crippen LogP contribution in [0.5, 0.6) is 0 Å². The normalized spacial score (nSPS) is 11.8. The minimum atomic E-state index is -4.16. The maximum absolute atomic E-state index is 13.8. The van der Waals surface area contributed by atoms with Crippen molar-refractivity contribution < 1.29 is 17.2 Å². The van der Waals surface area contributed by atoms with Crippen LogP contribution in [0.3, 0.4) is 0 Å². The molecule has 0 amide bonds. The molecule has 21 heavy (non-hydrogen) atoms. The zero-order chi connectivity index (χ0) is 15.5. The van der Waals surface area contributed by atoms with E-state index in [4.69, 9.17) is 0 Å². The van der Waals surface area contributed by atoms with E-state index in [0.29, 0.717) is 11.3 Å². The first-order valence-electron chi connectivity index (χ1n) is 5.93. The van der Waals surface area contributed by atoms with Gasteiger partial charge >= 0.3 is 0 Å². The van der Waals surface area contributed by atoms with E-state index in [1.165, 1.54) is 11.3 Å². The van der Waals surface area contributed by atoms with Crippen LogP contribution in [0, 0.1) is 11.6 Å². The minimum Gasteiger partial charge on any atom is -0.316 e. The molecule has 0 aliphatic heterocycles. The van der Waals surface area contributed by atoms with Crippen LogP contribution in [0.1, 0.15) is 11.3 Å². The van der Waals surface area contributed by atoms with Crippen molar-refractivity contribution in [3.8, 4) is 0 Å². The highest BCUT2D eigenvalue weighted by Gasteiger charge is 2.23. The van der Waals surface area contributed by atoms with Crippen LogP contribution < -0.4 is 10.0 Å². The molecule has 0 saturated heterocycles. The summed E-state index contributed by atoms with van der Waals surface area (Å²) in [6.45, 7) is 0.148. The van der Waals surface area contributed by atoms with Crippen LogP contribution in [0.15, 0.2) is 27.9 Å². The smallest absolute Gasteiger partial charge is 0.243 e. The number of halogens is 2. The lowest BCUT2D eigenvalue weighted by molar-refractivity contribution is 0.480. The number of rotatable bonds is 6. The summed E-state index contributed by atoms with van der Waals surface area (Å²) < 4.78 is 53.6. The van der Waals surface area contributed by atoms with Gasteiger partial charge in [-0.15, -0.1) is 11.3 Å². The molecule has 9 heteroatoms. The van der Waals surface area contributed by atoms with Crippen molar-refractivity contribution >= 4 is 21.4 Å². The largest absolute Gasteiger partial charge is 0.316 e. The Balaban J connectivity index is 2.30. The molecule has 1 aromatic carbocycles. The first-order chi connectivity index (χ1) is 9.94. The first kappa shape index (κ1) is 16.0. The molecular weight excluding hydrogens is 320 g/mol. The van der Waals surface area contributed by atoms with E-state index in [1.54, 1.807) is 17.9 Å². The number of benzene rings is 1. The van der Waals surface area contributed by atoms with Crippen molar-refractivity contribution in [1.29, 1.82) is 0 Å². The predicted molar refractivity (Wildman–Crippen MR) is 75.3 cm³/mol. The van der Waals surface area contributed by atoms with E-state index in [9.17, 15) is 17.2 Å². The average Bonchev–Trinajstić information content (AvgIpc) is 2.94. The topological polar surface area (TPSA) is 71.1 Å². The van der Waals surface area contributed by atoms with Gasteiger partial charge in [-0.1, -0.05) is 0 Å². The minimum absolute atomic E-state index is 0.0802. The second-order valence-corrected chi connectivity index (χ2v) is 6.68. The molecule has 1 aromatic heterocycles. The molecule has 5 nitrogen and oxygen atoms in total. The first-order valence-corrected chi connectivity index (χ1v) is 8.36. The predicted octanol–water partition coefficient (Wildman–Crippen LogP) is 1.62.